The second-order valence-corrected chi connectivity index (χ2v) is 8.19. The molecule has 0 bridgehead atoms. The summed E-state index contributed by atoms with van der Waals surface area (Å²) in [4.78, 5) is 4.69. The van der Waals surface area contributed by atoms with Crippen LogP contribution in [0, 0.1) is 11.3 Å². The normalized spacial score (nSPS) is 10.9. The predicted molar refractivity (Wildman–Crippen MR) is 140 cm³/mol. The molecule has 0 aliphatic heterocycles. The lowest BCUT2D eigenvalue weighted by Gasteiger charge is -2.14. The third-order valence-electron chi connectivity index (χ3n) is 6.05. The molecule has 178 valence electrons. The second-order valence-electron chi connectivity index (χ2n) is 8.19. The van der Waals surface area contributed by atoms with Crippen molar-refractivity contribution in [3.63, 3.8) is 0 Å². The third kappa shape index (κ3) is 4.58. The Morgan fingerprint density at radius 2 is 1.61 bits per heavy atom. The van der Waals surface area contributed by atoms with E-state index in [-0.39, 0.29) is 25.9 Å². The molecule has 0 fully saturated rings. The standard InChI is InChI=1S/C30H24N2O4/c1-34-24-11-8-21(9-12-24)27-17-29(32-30(28(27)18-31)36-19-35-15-14-33)23-10-13-26-22(16-23)7-6-20-4-2-3-5-25(20)26/h2-13,16-17,33H,14-15,19H2,1H3. The molecule has 1 heterocycles. The molecule has 0 aliphatic carbocycles. The Morgan fingerprint density at radius 1 is 0.861 bits per heavy atom. The lowest BCUT2D eigenvalue weighted by molar-refractivity contribution is -0.00328. The molecule has 0 atom stereocenters. The zero-order valence-corrected chi connectivity index (χ0v) is 19.8. The Labute approximate surface area is 208 Å². The molecule has 0 radical (unpaired) electrons. The van der Waals surface area contributed by atoms with E-state index in [1.54, 1.807) is 7.11 Å². The molecule has 0 unspecified atom stereocenters. The fourth-order valence-electron chi connectivity index (χ4n) is 4.27. The van der Waals surface area contributed by atoms with E-state index in [1.165, 1.54) is 10.8 Å². The largest absolute Gasteiger partial charge is 0.497 e. The highest BCUT2D eigenvalue weighted by atomic mass is 16.7. The van der Waals surface area contributed by atoms with Crippen molar-refractivity contribution in [3.05, 3.63) is 90.5 Å². The number of fused-ring (bicyclic) bond motifs is 3. The van der Waals surface area contributed by atoms with E-state index in [2.05, 4.69) is 47.5 Å². The SMILES string of the molecule is COc1ccc(-c2cc(-c3ccc4c(ccc5ccccc54)c3)nc(OCOCCO)c2C#N)cc1. The van der Waals surface area contributed by atoms with Crippen molar-refractivity contribution in [3.8, 4) is 40.1 Å². The van der Waals surface area contributed by atoms with Crippen LogP contribution in [-0.2, 0) is 4.74 Å². The van der Waals surface area contributed by atoms with Gasteiger partial charge in [-0.25, -0.2) is 4.98 Å². The highest BCUT2D eigenvalue weighted by molar-refractivity contribution is 6.08. The number of rotatable bonds is 8. The molecule has 5 rings (SSSR count). The first-order valence-electron chi connectivity index (χ1n) is 11.5. The van der Waals surface area contributed by atoms with Gasteiger partial charge in [0.1, 0.15) is 17.4 Å². The van der Waals surface area contributed by atoms with E-state index in [9.17, 15) is 5.26 Å². The number of hydrogen-bond donors (Lipinski definition) is 1. The first kappa shape index (κ1) is 23.3. The van der Waals surface area contributed by atoms with Crippen LogP contribution in [0.25, 0.3) is 43.9 Å². The highest BCUT2D eigenvalue weighted by Crippen LogP contribution is 2.36. The monoisotopic (exact) mass is 476 g/mol. The molecule has 1 aromatic heterocycles. The van der Waals surface area contributed by atoms with E-state index in [0.29, 0.717) is 16.8 Å². The minimum absolute atomic E-state index is 0.120. The number of ether oxygens (including phenoxy) is 3. The molecule has 36 heavy (non-hydrogen) atoms. The molecule has 0 saturated carbocycles. The highest BCUT2D eigenvalue weighted by Gasteiger charge is 2.17. The van der Waals surface area contributed by atoms with Gasteiger partial charge >= 0.3 is 0 Å². The molecule has 0 spiro atoms. The molecule has 1 N–H and O–H groups in total. The van der Waals surface area contributed by atoms with Crippen molar-refractivity contribution >= 4 is 21.5 Å². The van der Waals surface area contributed by atoms with Crippen molar-refractivity contribution in [2.45, 2.75) is 0 Å². The number of aromatic nitrogens is 1. The van der Waals surface area contributed by atoms with Crippen LogP contribution in [0.1, 0.15) is 5.56 Å². The van der Waals surface area contributed by atoms with Gasteiger partial charge in [-0.15, -0.1) is 0 Å². The van der Waals surface area contributed by atoms with Gasteiger partial charge in [-0.2, -0.15) is 5.26 Å². The Balaban J connectivity index is 1.64. The van der Waals surface area contributed by atoms with Crippen LogP contribution in [0.3, 0.4) is 0 Å². The van der Waals surface area contributed by atoms with Gasteiger partial charge < -0.3 is 19.3 Å². The number of benzene rings is 4. The zero-order valence-electron chi connectivity index (χ0n) is 19.8. The minimum Gasteiger partial charge on any atom is -0.497 e. The Morgan fingerprint density at radius 3 is 2.39 bits per heavy atom. The molecule has 6 nitrogen and oxygen atoms in total. The number of nitriles is 1. The van der Waals surface area contributed by atoms with Gasteiger partial charge in [-0.1, -0.05) is 60.7 Å². The number of methoxy groups -OCH3 is 1. The van der Waals surface area contributed by atoms with Crippen LogP contribution in [0.2, 0.25) is 0 Å². The molecule has 4 aromatic carbocycles. The number of aliphatic hydroxyl groups is 1. The summed E-state index contributed by atoms with van der Waals surface area (Å²) in [6.45, 7) is -0.117. The smallest absolute Gasteiger partial charge is 0.235 e. The van der Waals surface area contributed by atoms with Crippen LogP contribution in [0.15, 0.2) is 84.9 Å². The van der Waals surface area contributed by atoms with Crippen LogP contribution < -0.4 is 9.47 Å². The van der Waals surface area contributed by atoms with Gasteiger partial charge in [0, 0.05) is 11.1 Å². The van der Waals surface area contributed by atoms with Crippen molar-refractivity contribution < 1.29 is 19.3 Å². The van der Waals surface area contributed by atoms with Crippen molar-refractivity contribution in [2.75, 3.05) is 27.1 Å². The van der Waals surface area contributed by atoms with Crippen LogP contribution in [-0.4, -0.2) is 37.2 Å². The number of nitrogens with zero attached hydrogens (tertiary/aromatic N) is 2. The van der Waals surface area contributed by atoms with Crippen molar-refractivity contribution in [1.29, 1.82) is 5.26 Å². The zero-order chi connectivity index (χ0) is 24.9. The van der Waals surface area contributed by atoms with E-state index in [0.717, 1.165) is 27.6 Å². The van der Waals surface area contributed by atoms with E-state index >= 15 is 0 Å². The molecule has 0 aliphatic rings. The Bertz CT molecular complexity index is 1570. The lowest BCUT2D eigenvalue weighted by Crippen LogP contribution is -2.09. The predicted octanol–water partition coefficient (Wildman–Crippen LogP) is 5.95. The molecular weight excluding hydrogens is 452 g/mol. The summed E-state index contributed by atoms with van der Waals surface area (Å²) >= 11 is 0. The molecule has 0 amide bonds. The molecule has 6 heteroatoms. The molecule has 5 aromatic rings. The first-order chi connectivity index (χ1) is 17.7. The van der Waals surface area contributed by atoms with E-state index < -0.39 is 0 Å². The fraction of sp³-hybridized carbons (Fsp3) is 0.133. The number of pyridine rings is 1. The maximum atomic E-state index is 9.99. The topological polar surface area (TPSA) is 84.6 Å². The molecular formula is C30H24N2O4. The van der Waals surface area contributed by atoms with Gasteiger partial charge in [0.2, 0.25) is 5.88 Å². The number of hydrogen-bond acceptors (Lipinski definition) is 6. The second kappa shape index (κ2) is 10.4. The van der Waals surface area contributed by atoms with Gasteiger partial charge in [0.15, 0.2) is 6.79 Å². The third-order valence-corrected chi connectivity index (χ3v) is 6.05. The summed E-state index contributed by atoms with van der Waals surface area (Å²) < 4.78 is 16.3. The van der Waals surface area contributed by atoms with Crippen molar-refractivity contribution in [2.24, 2.45) is 0 Å². The summed E-state index contributed by atoms with van der Waals surface area (Å²) in [6, 6.07) is 30.4. The van der Waals surface area contributed by atoms with Gasteiger partial charge in [0.05, 0.1) is 26.0 Å². The maximum absolute atomic E-state index is 9.99. The van der Waals surface area contributed by atoms with Gasteiger partial charge in [0.25, 0.3) is 0 Å². The summed E-state index contributed by atoms with van der Waals surface area (Å²) in [6.07, 6.45) is 0. The summed E-state index contributed by atoms with van der Waals surface area (Å²) in [5, 5.41) is 23.6. The minimum atomic E-state index is -0.128. The Hall–Kier alpha value is -4.44. The quantitative estimate of drug-likeness (QED) is 0.169. The summed E-state index contributed by atoms with van der Waals surface area (Å²) in [7, 11) is 1.61. The molecule has 0 saturated heterocycles. The summed E-state index contributed by atoms with van der Waals surface area (Å²) in [5.41, 5.74) is 3.42. The van der Waals surface area contributed by atoms with E-state index in [1.807, 2.05) is 48.5 Å². The maximum Gasteiger partial charge on any atom is 0.235 e. The van der Waals surface area contributed by atoms with Crippen molar-refractivity contribution in [1.82, 2.24) is 4.98 Å². The Kier molecular flexibility index (Phi) is 6.76. The average molecular weight is 477 g/mol. The lowest BCUT2D eigenvalue weighted by atomic mass is 9.96. The van der Waals surface area contributed by atoms with Crippen LogP contribution >= 0.6 is 0 Å². The van der Waals surface area contributed by atoms with Crippen LogP contribution in [0.5, 0.6) is 11.6 Å². The first-order valence-corrected chi connectivity index (χ1v) is 11.5. The summed E-state index contributed by atoms with van der Waals surface area (Å²) in [5.74, 6) is 0.902. The van der Waals surface area contributed by atoms with E-state index in [4.69, 9.17) is 19.3 Å². The van der Waals surface area contributed by atoms with Gasteiger partial charge in [-0.3, -0.25) is 0 Å². The van der Waals surface area contributed by atoms with Crippen LogP contribution in [0.4, 0.5) is 0 Å². The average Bonchev–Trinajstić information content (AvgIpc) is 2.94. The van der Waals surface area contributed by atoms with Gasteiger partial charge in [-0.05, 0) is 51.4 Å². The number of aliphatic hydroxyl groups excluding tert-OH is 1. The fourth-order valence-corrected chi connectivity index (χ4v) is 4.27.